The lowest BCUT2D eigenvalue weighted by Crippen LogP contribution is -2.27. The van der Waals surface area contributed by atoms with E-state index in [4.69, 9.17) is 4.74 Å². The summed E-state index contributed by atoms with van der Waals surface area (Å²) in [5.41, 5.74) is 0.510. The zero-order chi connectivity index (χ0) is 22.2. The molecule has 2 aromatic carbocycles. The van der Waals surface area contributed by atoms with Gasteiger partial charge in [-0.15, -0.1) is 11.8 Å². The van der Waals surface area contributed by atoms with E-state index in [0.717, 1.165) is 16.3 Å². The minimum absolute atomic E-state index is 0.0351. The molecule has 0 aliphatic rings. The van der Waals surface area contributed by atoms with Crippen molar-refractivity contribution in [3.05, 3.63) is 88.1 Å². The Morgan fingerprint density at radius 2 is 1.84 bits per heavy atom. The van der Waals surface area contributed by atoms with Gasteiger partial charge >= 0.3 is 5.97 Å². The second-order valence-corrected chi connectivity index (χ2v) is 7.37. The van der Waals surface area contributed by atoms with Crippen LogP contribution in [0.15, 0.2) is 65.5 Å². The minimum Gasteiger partial charge on any atom is -0.461 e. The van der Waals surface area contributed by atoms with Gasteiger partial charge in [-0.1, -0.05) is 30.3 Å². The average Bonchev–Trinajstić information content (AvgIpc) is 2.75. The average molecular weight is 441 g/mol. The summed E-state index contributed by atoms with van der Waals surface area (Å²) in [5, 5.41) is 6.63. The Hall–Kier alpha value is -3.46. The molecular weight excluding hydrogens is 421 g/mol. The third kappa shape index (κ3) is 6.02. The highest BCUT2D eigenvalue weighted by Crippen LogP contribution is 2.16. The number of ether oxygens (including phenoxy) is 1. The van der Waals surface area contributed by atoms with Crippen LogP contribution >= 0.6 is 11.8 Å². The van der Waals surface area contributed by atoms with E-state index in [1.807, 2.05) is 30.3 Å². The normalized spacial score (nSPS) is 10.5. The monoisotopic (exact) mass is 441 g/mol. The van der Waals surface area contributed by atoms with Crippen LogP contribution in [0.2, 0.25) is 0 Å². The minimum atomic E-state index is -0.786. The number of aromatic nitrogens is 2. The van der Waals surface area contributed by atoms with E-state index in [2.05, 4.69) is 10.4 Å². The van der Waals surface area contributed by atoms with Crippen LogP contribution in [0.4, 0.5) is 10.1 Å². The number of thioether (sulfide) groups is 1. The molecule has 0 saturated heterocycles. The molecule has 1 N–H and O–H groups in total. The Labute approximate surface area is 182 Å². The molecule has 1 amide bonds. The summed E-state index contributed by atoms with van der Waals surface area (Å²) in [7, 11) is 0. The highest BCUT2D eigenvalue weighted by molar-refractivity contribution is 7.99. The van der Waals surface area contributed by atoms with Crippen LogP contribution in [0.25, 0.3) is 5.69 Å². The molecule has 0 spiro atoms. The lowest BCUT2D eigenvalue weighted by molar-refractivity contribution is -0.113. The Morgan fingerprint density at radius 3 is 2.52 bits per heavy atom. The fourth-order valence-corrected chi connectivity index (χ4v) is 3.48. The summed E-state index contributed by atoms with van der Waals surface area (Å²) in [4.78, 5) is 37.3. The zero-order valence-electron chi connectivity index (χ0n) is 16.7. The summed E-state index contributed by atoms with van der Waals surface area (Å²) in [6, 6.07) is 15.8. The zero-order valence-corrected chi connectivity index (χ0v) is 17.5. The standard InChI is InChI=1S/C22H20FN3O4S/c1-2-30-22(29)21-18(24-19(27)14-31-13-15-6-4-3-5-7-15)12-20(28)26(25-21)17-10-8-16(23)9-11-17/h3-12H,2,13-14H2,1H3,(H,24,27). The number of hydrogen-bond acceptors (Lipinski definition) is 6. The number of nitrogens with one attached hydrogen (secondary N) is 1. The summed E-state index contributed by atoms with van der Waals surface area (Å²) >= 11 is 1.40. The molecule has 0 atom stereocenters. The van der Waals surface area contributed by atoms with Gasteiger partial charge in [-0.05, 0) is 36.8 Å². The topological polar surface area (TPSA) is 90.3 Å². The van der Waals surface area contributed by atoms with Gasteiger partial charge in [-0.2, -0.15) is 9.78 Å². The number of halogens is 1. The van der Waals surface area contributed by atoms with Crippen molar-refractivity contribution < 1.29 is 18.7 Å². The van der Waals surface area contributed by atoms with Crippen LogP contribution in [-0.4, -0.2) is 34.0 Å². The van der Waals surface area contributed by atoms with E-state index in [1.54, 1.807) is 6.92 Å². The summed E-state index contributed by atoms with van der Waals surface area (Å²) in [5.74, 6) is -0.876. The summed E-state index contributed by atoms with van der Waals surface area (Å²) in [6.07, 6.45) is 0. The molecule has 0 fully saturated rings. The number of carbonyl (C=O) groups excluding carboxylic acids is 2. The molecule has 160 valence electrons. The quantitative estimate of drug-likeness (QED) is 0.539. The molecule has 0 unspecified atom stereocenters. The molecule has 0 aliphatic carbocycles. The van der Waals surface area contributed by atoms with Gasteiger partial charge < -0.3 is 10.1 Å². The molecular formula is C22H20FN3O4S. The van der Waals surface area contributed by atoms with Gasteiger partial charge in [0.05, 0.1) is 23.7 Å². The lowest BCUT2D eigenvalue weighted by Gasteiger charge is -2.12. The molecule has 1 heterocycles. The Balaban J connectivity index is 1.80. The predicted octanol–water partition coefficient (Wildman–Crippen LogP) is 3.42. The van der Waals surface area contributed by atoms with Crippen molar-refractivity contribution in [2.45, 2.75) is 12.7 Å². The number of rotatable bonds is 8. The lowest BCUT2D eigenvalue weighted by atomic mass is 10.2. The molecule has 0 aliphatic heterocycles. The molecule has 1 aromatic heterocycles. The maximum atomic E-state index is 13.2. The number of esters is 1. The third-order valence-electron chi connectivity index (χ3n) is 4.09. The molecule has 0 radical (unpaired) electrons. The molecule has 3 aromatic rings. The van der Waals surface area contributed by atoms with E-state index < -0.39 is 17.3 Å². The number of amides is 1. The van der Waals surface area contributed by atoms with Crippen LogP contribution in [0.1, 0.15) is 23.0 Å². The van der Waals surface area contributed by atoms with Crippen molar-refractivity contribution in [2.24, 2.45) is 0 Å². The third-order valence-corrected chi connectivity index (χ3v) is 5.09. The maximum absolute atomic E-state index is 13.2. The van der Waals surface area contributed by atoms with Crippen LogP contribution in [0.3, 0.4) is 0 Å². The first-order chi connectivity index (χ1) is 15.0. The van der Waals surface area contributed by atoms with Crippen LogP contribution < -0.4 is 10.9 Å². The SMILES string of the molecule is CCOC(=O)c1nn(-c2ccc(F)cc2)c(=O)cc1NC(=O)CSCc1ccccc1. The largest absolute Gasteiger partial charge is 0.461 e. The number of benzene rings is 2. The van der Waals surface area contributed by atoms with Crippen molar-refractivity contribution in [3.63, 3.8) is 0 Å². The van der Waals surface area contributed by atoms with E-state index in [0.29, 0.717) is 5.75 Å². The van der Waals surface area contributed by atoms with E-state index in [1.165, 1.54) is 36.0 Å². The van der Waals surface area contributed by atoms with Gasteiger partial charge in [0, 0.05) is 11.8 Å². The first-order valence-corrected chi connectivity index (χ1v) is 10.6. The van der Waals surface area contributed by atoms with Crippen molar-refractivity contribution in [3.8, 4) is 5.69 Å². The predicted molar refractivity (Wildman–Crippen MR) is 117 cm³/mol. The Morgan fingerprint density at radius 1 is 1.13 bits per heavy atom. The van der Waals surface area contributed by atoms with Crippen molar-refractivity contribution in [1.29, 1.82) is 0 Å². The molecule has 0 bridgehead atoms. The van der Waals surface area contributed by atoms with E-state index in [-0.39, 0.29) is 35.3 Å². The van der Waals surface area contributed by atoms with E-state index >= 15 is 0 Å². The van der Waals surface area contributed by atoms with Gasteiger partial charge in [0.2, 0.25) is 5.91 Å². The fraction of sp³-hybridized carbons (Fsp3) is 0.182. The molecule has 9 heteroatoms. The van der Waals surface area contributed by atoms with Gasteiger partial charge in [0.1, 0.15) is 5.82 Å². The fourth-order valence-electron chi connectivity index (χ4n) is 2.69. The Bertz CT molecular complexity index is 1120. The van der Waals surface area contributed by atoms with E-state index in [9.17, 15) is 18.8 Å². The number of carbonyl (C=O) groups is 2. The highest BCUT2D eigenvalue weighted by Gasteiger charge is 2.20. The Kier molecular flexibility index (Phi) is 7.55. The molecule has 0 saturated carbocycles. The summed E-state index contributed by atoms with van der Waals surface area (Å²) in [6.45, 7) is 1.73. The summed E-state index contributed by atoms with van der Waals surface area (Å²) < 4.78 is 19.2. The smallest absolute Gasteiger partial charge is 0.360 e. The van der Waals surface area contributed by atoms with Crippen molar-refractivity contribution in [1.82, 2.24) is 9.78 Å². The van der Waals surface area contributed by atoms with Gasteiger partial charge in [-0.25, -0.2) is 9.18 Å². The number of nitrogens with zero attached hydrogens (tertiary/aromatic N) is 2. The van der Waals surface area contributed by atoms with Crippen LogP contribution in [0, 0.1) is 5.82 Å². The number of hydrogen-bond donors (Lipinski definition) is 1. The first kappa shape index (κ1) is 22.2. The van der Waals surface area contributed by atoms with Gasteiger partial charge in [0.25, 0.3) is 5.56 Å². The maximum Gasteiger partial charge on any atom is 0.360 e. The second kappa shape index (κ2) is 10.5. The van der Waals surface area contributed by atoms with Gasteiger partial charge in [-0.3, -0.25) is 9.59 Å². The molecule has 31 heavy (non-hydrogen) atoms. The van der Waals surface area contributed by atoms with Crippen molar-refractivity contribution in [2.75, 3.05) is 17.7 Å². The van der Waals surface area contributed by atoms with Gasteiger partial charge in [0.15, 0.2) is 5.69 Å². The molecule has 3 rings (SSSR count). The van der Waals surface area contributed by atoms with Crippen LogP contribution in [0.5, 0.6) is 0 Å². The van der Waals surface area contributed by atoms with Crippen LogP contribution in [-0.2, 0) is 15.3 Å². The highest BCUT2D eigenvalue weighted by atomic mass is 32.2. The van der Waals surface area contributed by atoms with Crippen molar-refractivity contribution >= 4 is 29.3 Å². The molecule has 7 nitrogen and oxygen atoms in total. The first-order valence-electron chi connectivity index (χ1n) is 9.47. The second-order valence-electron chi connectivity index (χ2n) is 6.38. The number of anilines is 1.